The van der Waals surface area contributed by atoms with E-state index in [0.29, 0.717) is 13.1 Å². The summed E-state index contributed by atoms with van der Waals surface area (Å²) >= 11 is 0. The fourth-order valence-corrected chi connectivity index (χ4v) is 2.32. The summed E-state index contributed by atoms with van der Waals surface area (Å²) in [4.78, 5) is 36.3. The normalized spacial score (nSPS) is 20.4. The molecule has 7 heteroatoms. The quantitative estimate of drug-likeness (QED) is 0.690. The second-order valence-electron chi connectivity index (χ2n) is 5.41. The second kappa shape index (κ2) is 7.12. The van der Waals surface area contributed by atoms with Gasteiger partial charge in [0.1, 0.15) is 6.04 Å². The summed E-state index contributed by atoms with van der Waals surface area (Å²) in [6.45, 7) is 4.35. The number of aliphatic carboxylic acids is 1. The zero-order chi connectivity index (χ0) is 15.3. The largest absolute Gasteiger partial charge is 0.480 e. The minimum atomic E-state index is -1.05. The van der Waals surface area contributed by atoms with Crippen LogP contribution in [0.25, 0.3) is 0 Å². The van der Waals surface area contributed by atoms with Gasteiger partial charge in [0.05, 0.1) is 5.92 Å². The van der Waals surface area contributed by atoms with Gasteiger partial charge in [-0.3, -0.25) is 4.79 Å². The second-order valence-corrected chi connectivity index (χ2v) is 5.41. The zero-order valence-corrected chi connectivity index (χ0v) is 12.2. The average Bonchev–Trinajstić information content (AvgIpc) is 2.42. The molecule has 0 aromatic carbocycles. The molecule has 0 bridgehead atoms. The first-order valence-corrected chi connectivity index (χ1v) is 6.86. The highest BCUT2D eigenvalue weighted by molar-refractivity contribution is 5.84. The SMILES string of the molecule is CNC(=O)C1CCCN(C(=O)N[C@@H](C(=O)O)C(C)C)C1. The smallest absolute Gasteiger partial charge is 0.326 e. The Bertz CT molecular complexity index is 384. The molecule has 0 aromatic rings. The maximum Gasteiger partial charge on any atom is 0.326 e. The van der Waals surface area contributed by atoms with E-state index in [1.165, 1.54) is 4.90 Å². The highest BCUT2D eigenvalue weighted by Crippen LogP contribution is 2.17. The molecule has 0 aliphatic carbocycles. The van der Waals surface area contributed by atoms with E-state index in [1.54, 1.807) is 20.9 Å². The van der Waals surface area contributed by atoms with Gasteiger partial charge in [-0.05, 0) is 18.8 Å². The van der Waals surface area contributed by atoms with Crippen molar-refractivity contribution in [3.8, 4) is 0 Å². The van der Waals surface area contributed by atoms with Crippen LogP contribution in [0.1, 0.15) is 26.7 Å². The topological polar surface area (TPSA) is 98.7 Å². The third-order valence-corrected chi connectivity index (χ3v) is 3.54. The summed E-state index contributed by atoms with van der Waals surface area (Å²) in [5.41, 5.74) is 0. The predicted octanol–water partition coefficient (Wildman–Crippen LogP) is 0.263. The molecule has 1 aliphatic heterocycles. The lowest BCUT2D eigenvalue weighted by Gasteiger charge is -2.33. The monoisotopic (exact) mass is 285 g/mol. The molecule has 1 aliphatic rings. The number of rotatable bonds is 4. The summed E-state index contributed by atoms with van der Waals surface area (Å²) < 4.78 is 0. The summed E-state index contributed by atoms with van der Waals surface area (Å²) in [6.07, 6.45) is 1.49. The first-order chi connectivity index (χ1) is 9.36. The lowest BCUT2D eigenvalue weighted by atomic mass is 9.97. The molecular weight excluding hydrogens is 262 g/mol. The molecule has 1 rings (SSSR count). The molecule has 1 unspecified atom stereocenters. The molecule has 0 saturated carbocycles. The fraction of sp³-hybridized carbons (Fsp3) is 0.769. The van der Waals surface area contributed by atoms with Gasteiger partial charge >= 0.3 is 12.0 Å². The number of piperidine rings is 1. The van der Waals surface area contributed by atoms with Crippen LogP contribution < -0.4 is 10.6 Å². The van der Waals surface area contributed by atoms with Crippen molar-refractivity contribution in [1.82, 2.24) is 15.5 Å². The Hall–Kier alpha value is -1.79. The van der Waals surface area contributed by atoms with E-state index in [0.717, 1.165) is 12.8 Å². The molecule has 3 amide bonds. The number of carboxylic acid groups (broad SMARTS) is 1. The highest BCUT2D eigenvalue weighted by Gasteiger charge is 2.30. The molecule has 114 valence electrons. The van der Waals surface area contributed by atoms with E-state index in [-0.39, 0.29) is 17.7 Å². The van der Waals surface area contributed by atoms with E-state index in [1.807, 2.05) is 0 Å². The Morgan fingerprint density at radius 3 is 2.45 bits per heavy atom. The predicted molar refractivity (Wildman–Crippen MR) is 73.2 cm³/mol. The van der Waals surface area contributed by atoms with Crippen LogP contribution in [0.2, 0.25) is 0 Å². The first kappa shape index (κ1) is 16.3. The average molecular weight is 285 g/mol. The van der Waals surface area contributed by atoms with Crippen molar-refractivity contribution >= 4 is 17.9 Å². The van der Waals surface area contributed by atoms with Gasteiger partial charge in [-0.25, -0.2) is 9.59 Å². The lowest BCUT2D eigenvalue weighted by Crippen LogP contribution is -2.53. The number of hydrogen-bond donors (Lipinski definition) is 3. The van der Waals surface area contributed by atoms with Crippen LogP contribution in [-0.4, -0.2) is 54.1 Å². The third-order valence-electron chi connectivity index (χ3n) is 3.54. The van der Waals surface area contributed by atoms with Crippen molar-refractivity contribution in [3.05, 3.63) is 0 Å². The molecule has 0 aromatic heterocycles. The number of urea groups is 1. The van der Waals surface area contributed by atoms with E-state index in [2.05, 4.69) is 10.6 Å². The molecule has 7 nitrogen and oxygen atoms in total. The van der Waals surface area contributed by atoms with Gasteiger partial charge in [0.15, 0.2) is 0 Å². The summed E-state index contributed by atoms with van der Waals surface area (Å²) in [7, 11) is 1.57. The van der Waals surface area contributed by atoms with Gasteiger partial charge in [0, 0.05) is 20.1 Å². The zero-order valence-electron chi connectivity index (χ0n) is 12.2. The van der Waals surface area contributed by atoms with E-state index in [4.69, 9.17) is 5.11 Å². The number of nitrogens with zero attached hydrogens (tertiary/aromatic N) is 1. The van der Waals surface area contributed by atoms with Crippen LogP contribution in [0.15, 0.2) is 0 Å². The van der Waals surface area contributed by atoms with Gasteiger partial charge in [0.25, 0.3) is 0 Å². The van der Waals surface area contributed by atoms with Gasteiger partial charge in [-0.15, -0.1) is 0 Å². The Balaban J connectivity index is 2.62. The van der Waals surface area contributed by atoms with Gasteiger partial charge < -0.3 is 20.6 Å². The molecule has 1 heterocycles. The van der Waals surface area contributed by atoms with Crippen molar-refractivity contribution in [2.75, 3.05) is 20.1 Å². The lowest BCUT2D eigenvalue weighted by molar-refractivity contribution is -0.140. The van der Waals surface area contributed by atoms with Crippen molar-refractivity contribution in [2.24, 2.45) is 11.8 Å². The number of amides is 3. The van der Waals surface area contributed by atoms with Crippen LogP contribution in [0.3, 0.4) is 0 Å². The van der Waals surface area contributed by atoms with Crippen LogP contribution in [-0.2, 0) is 9.59 Å². The maximum absolute atomic E-state index is 12.1. The Morgan fingerprint density at radius 1 is 1.30 bits per heavy atom. The number of carboxylic acids is 1. The molecule has 0 radical (unpaired) electrons. The standard InChI is InChI=1S/C13H23N3O4/c1-8(2)10(12(18)19)15-13(20)16-6-4-5-9(7-16)11(17)14-3/h8-10H,4-7H2,1-3H3,(H,14,17)(H,15,20)(H,18,19)/t9?,10-/m1/s1. The Kier molecular flexibility index (Phi) is 5.79. The number of carbonyl (C=O) groups is 3. The molecule has 0 spiro atoms. The van der Waals surface area contributed by atoms with Crippen LogP contribution >= 0.6 is 0 Å². The van der Waals surface area contributed by atoms with Crippen molar-refractivity contribution in [2.45, 2.75) is 32.7 Å². The summed E-state index contributed by atoms with van der Waals surface area (Å²) in [6, 6.07) is -1.33. The summed E-state index contributed by atoms with van der Waals surface area (Å²) in [5.74, 6) is -1.55. The van der Waals surface area contributed by atoms with Gasteiger partial charge in [0.2, 0.25) is 5.91 Å². The molecule has 1 fully saturated rings. The number of likely N-dealkylation sites (tertiary alicyclic amines) is 1. The maximum atomic E-state index is 12.1. The molecule has 1 saturated heterocycles. The molecule has 2 atom stereocenters. The highest BCUT2D eigenvalue weighted by atomic mass is 16.4. The molecule has 3 N–H and O–H groups in total. The first-order valence-electron chi connectivity index (χ1n) is 6.86. The number of nitrogens with one attached hydrogen (secondary N) is 2. The van der Waals surface area contributed by atoms with Crippen LogP contribution in [0.4, 0.5) is 4.79 Å². The summed E-state index contributed by atoms with van der Waals surface area (Å²) in [5, 5.41) is 14.2. The number of hydrogen-bond acceptors (Lipinski definition) is 3. The fourth-order valence-electron chi connectivity index (χ4n) is 2.32. The van der Waals surface area contributed by atoms with E-state index in [9.17, 15) is 14.4 Å². The molecular formula is C13H23N3O4. The van der Waals surface area contributed by atoms with Crippen molar-refractivity contribution in [1.29, 1.82) is 0 Å². The van der Waals surface area contributed by atoms with Crippen LogP contribution in [0.5, 0.6) is 0 Å². The minimum absolute atomic E-state index is 0.0823. The minimum Gasteiger partial charge on any atom is -0.480 e. The van der Waals surface area contributed by atoms with Crippen molar-refractivity contribution < 1.29 is 19.5 Å². The van der Waals surface area contributed by atoms with E-state index < -0.39 is 18.0 Å². The van der Waals surface area contributed by atoms with Gasteiger partial charge in [-0.2, -0.15) is 0 Å². The Labute approximate surface area is 118 Å². The van der Waals surface area contributed by atoms with E-state index >= 15 is 0 Å². The Morgan fingerprint density at radius 2 is 1.95 bits per heavy atom. The van der Waals surface area contributed by atoms with Crippen LogP contribution in [0, 0.1) is 11.8 Å². The number of carbonyl (C=O) groups excluding carboxylic acids is 2. The van der Waals surface area contributed by atoms with Gasteiger partial charge in [-0.1, -0.05) is 13.8 Å². The van der Waals surface area contributed by atoms with Crippen molar-refractivity contribution in [3.63, 3.8) is 0 Å². The molecule has 20 heavy (non-hydrogen) atoms. The third kappa shape index (κ3) is 4.11.